The lowest BCUT2D eigenvalue weighted by Crippen LogP contribution is -2.42. The number of amides is 2. The van der Waals surface area contributed by atoms with Gasteiger partial charge < -0.3 is 9.47 Å². The molecule has 6 heteroatoms. The third-order valence-electron chi connectivity index (χ3n) is 4.91. The third-order valence-corrected chi connectivity index (χ3v) is 4.91. The first-order chi connectivity index (χ1) is 14.6. The fourth-order valence-corrected chi connectivity index (χ4v) is 3.40. The molecule has 0 bridgehead atoms. The molecule has 1 aliphatic heterocycles. The number of Topliss-reactive ketones (excluding diaryl/α,β-unsaturated/α-hetero) is 1. The van der Waals surface area contributed by atoms with Crippen molar-refractivity contribution in [2.75, 3.05) is 13.7 Å². The summed E-state index contributed by atoms with van der Waals surface area (Å²) in [6, 6.07) is 22.2. The second kappa shape index (κ2) is 8.21. The zero-order chi connectivity index (χ0) is 21.1. The van der Waals surface area contributed by atoms with E-state index in [2.05, 4.69) is 0 Å². The van der Waals surface area contributed by atoms with Gasteiger partial charge in [-0.2, -0.15) is 0 Å². The van der Waals surface area contributed by atoms with E-state index in [4.69, 9.17) is 9.47 Å². The Hall–Kier alpha value is -3.93. The number of methoxy groups -OCH3 is 1. The molecule has 0 spiro atoms. The number of imide groups is 1. The molecule has 0 saturated carbocycles. The van der Waals surface area contributed by atoms with Crippen LogP contribution in [0.5, 0.6) is 11.5 Å². The molecule has 1 unspecified atom stereocenters. The van der Waals surface area contributed by atoms with Crippen LogP contribution in [-0.4, -0.2) is 36.2 Å². The molecule has 0 N–H and O–H groups in total. The summed E-state index contributed by atoms with van der Waals surface area (Å²) < 4.78 is 11.2. The molecule has 4 rings (SSSR count). The van der Waals surface area contributed by atoms with Crippen LogP contribution in [0, 0.1) is 0 Å². The highest BCUT2D eigenvalue weighted by molar-refractivity contribution is 6.12. The van der Waals surface area contributed by atoms with Crippen molar-refractivity contribution in [2.24, 2.45) is 0 Å². The zero-order valence-electron chi connectivity index (χ0n) is 16.3. The highest BCUT2D eigenvalue weighted by atomic mass is 16.5. The molecule has 3 aromatic rings. The molecule has 0 saturated heterocycles. The first-order valence-electron chi connectivity index (χ1n) is 9.42. The van der Waals surface area contributed by atoms with E-state index in [1.54, 1.807) is 72.8 Å². The molecule has 30 heavy (non-hydrogen) atoms. The second-order valence-electron chi connectivity index (χ2n) is 6.76. The van der Waals surface area contributed by atoms with Gasteiger partial charge in [-0.15, -0.1) is 0 Å². The minimum Gasteiger partial charge on any atom is -0.496 e. The van der Waals surface area contributed by atoms with E-state index in [0.29, 0.717) is 22.6 Å². The molecule has 0 radical (unpaired) electrons. The number of ketones is 1. The predicted octanol–water partition coefficient (Wildman–Crippen LogP) is 3.68. The van der Waals surface area contributed by atoms with Crippen molar-refractivity contribution in [3.05, 3.63) is 95.6 Å². The maximum Gasteiger partial charge on any atom is 0.275 e. The minimum absolute atomic E-state index is 0.233. The number of ether oxygens (including phenoxy) is 2. The van der Waals surface area contributed by atoms with Crippen LogP contribution in [0.2, 0.25) is 0 Å². The van der Waals surface area contributed by atoms with E-state index in [1.807, 2.05) is 6.07 Å². The number of nitrogens with zero attached hydrogens (tertiary/aromatic N) is 1. The van der Waals surface area contributed by atoms with Crippen LogP contribution in [0.15, 0.2) is 78.9 Å². The normalized spacial score (nSPS) is 15.8. The van der Waals surface area contributed by atoms with E-state index in [9.17, 15) is 14.4 Å². The lowest BCUT2D eigenvalue weighted by Gasteiger charge is -2.22. The van der Waals surface area contributed by atoms with Crippen LogP contribution in [0.3, 0.4) is 0 Å². The topological polar surface area (TPSA) is 72.9 Å². The first kappa shape index (κ1) is 19.4. The van der Waals surface area contributed by atoms with Crippen LogP contribution in [0.1, 0.15) is 32.4 Å². The SMILES string of the molecule is COc1ccccc1C(=O)CN1C(=O)c2ccccc2OC(c2ccccc2)C1=O. The number of hydrogen-bond acceptors (Lipinski definition) is 5. The zero-order valence-corrected chi connectivity index (χ0v) is 16.3. The summed E-state index contributed by atoms with van der Waals surface area (Å²) in [7, 11) is 1.46. The van der Waals surface area contributed by atoms with Gasteiger partial charge in [0, 0.05) is 5.56 Å². The van der Waals surface area contributed by atoms with Gasteiger partial charge in [-0.05, 0) is 24.3 Å². The van der Waals surface area contributed by atoms with Crippen LogP contribution >= 0.6 is 0 Å². The molecular formula is C24H19NO5. The van der Waals surface area contributed by atoms with Gasteiger partial charge in [-0.3, -0.25) is 19.3 Å². The Morgan fingerprint density at radius 1 is 0.933 bits per heavy atom. The van der Waals surface area contributed by atoms with Crippen molar-refractivity contribution >= 4 is 17.6 Å². The van der Waals surface area contributed by atoms with Gasteiger partial charge in [-0.1, -0.05) is 54.6 Å². The molecule has 0 fully saturated rings. The molecule has 150 valence electrons. The molecule has 2 amide bonds. The van der Waals surface area contributed by atoms with E-state index >= 15 is 0 Å². The van der Waals surface area contributed by atoms with Gasteiger partial charge in [0.05, 0.1) is 24.8 Å². The number of benzene rings is 3. The Labute approximate surface area is 173 Å². The van der Waals surface area contributed by atoms with Crippen molar-refractivity contribution in [2.45, 2.75) is 6.10 Å². The summed E-state index contributed by atoms with van der Waals surface area (Å²) >= 11 is 0. The molecule has 1 heterocycles. The fourth-order valence-electron chi connectivity index (χ4n) is 3.40. The standard InChI is InChI=1S/C24H19NO5/c1-29-20-13-7-5-11-17(20)19(26)15-25-23(27)18-12-6-8-14-21(18)30-22(24(25)28)16-9-3-2-4-10-16/h2-14,22H,15H2,1H3. The number of para-hydroxylation sites is 2. The van der Waals surface area contributed by atoms with E-state index < -0.39 is 30.2 Å². The van der Waals surface area contributed by atoms with Crippen molar-refractivity contribution in [3.63, 3.8) is 0 Å². The van der Waals surface area contributed by atoms with E-state index in [1.165, 1.54) is 7.11 Å². The van der Waals surface area contributed by atoms with Crippen LogP contribution in [0.25, 0.3) is 0 Å². The maximum atomic E-state index is 13.3. The molecule has 3 aromatic carbocycles. The Morgan fingerprint density at radius 2 is 1.60 bits per heavy atom. The fraction of sp³-hybridized carbons (Fsp3) is 0.125. The van der Waals surface area contributed by atoms with Gasteiger partial charge >= 0.3 is 0 Å². The largest absolute Gasteiger partial charge is 0.496 e. The van der Waals surface area contributed by atoms with E-state index in [-0.39, 0.29) is 5.56 Å². The van der Waals surface area contributed by atoms with Crippen molar-refractivity contribution in [1.82, 2.24) is 4.90 Å². The Balaban J connectivity index is 1.74. The average Bonchev–Trinajstić information content (AvgIpc) is 2.90. The molecular weight excluding hydrogens is 382 g/mol. The van der Waals surface area contributed by atoms with E-state index in [0.717, 1.165) is 4.90 Å². The van der Waals surface area contributed by atoms with Crippen LogP contribution in [0.4, 0.5) is 0 Å². The molecule has 0 aromatic heterocycles. The summed E-state index contributed by atoms with van der Waals surface area (Å²) in [5.41, 5.74) is 1.13. The smallest absolute Gasteiger partial charge is 0.275 e. The summed E-state index contributed by atoms with van der Waals surface area (Å²) in [6.07, 6.45) is -1.04. The van der Waals surface area contributed by atoms with Gasteiger partial charge in [0.1, 0.15) is 11.5 Å². The number of carbonyl (C=O) groups is 3. The summed E-state index contributed by atoms with van der Waals surface area (Å²) in [6.45, 7) is -0.418. The van der Waals surface area contributed by atoms with Gasteiger partial charge in [0.25, 0.3) is 11.8 Å². The lowest BCUT2D eigenvalue weighted by molar-refractivity contribution is -0.135. The van der Waals surface area contributed by atoms with Gasteiger partial charge in [-0.25, -0.2) is 0 Å². The molecule has 1 aliphatic rings. The quantitative estimate of drug-likeness (QED) is 0.482. The molecule has 0 aliphatic carbocycles. The second-order valence-corrected chi connectivity index (χ2v) is 6.76. The summed E-state index contributed by atoms with van der Waals surface area (Å²) in [5.74, 6) is -0.881. The monoisotopic (exact) mass is 401 g/mol. The summed E-state index contributed by atoms with van der Waals surface area (Å²) in [5, 5.41) is 0. The Bertz CT molecular complexity index is 1110. The van der Waals surface area contributed by atoms with Gasteiger partial charge in [0.2, 0.25) is 6.10 Å². The van der Waals surface area contributed by atoms with Crippen molar-refractivity contribution in [1.29, 1.82) is 0 Å². The number of fused-ring (bicyclic) bond motifs is 1. The average molecular weight is 401 g/mol. The maximum absolute atomic E-state index is 13.3. The predicted molar refractivity (Wildman–Crippen MR) is 110 cm³/mol. The number of carbonyl (C=O) groups excluding carboxylic acids is 3. The Kier molecular flexibility index (Phi) is 5.30. The minimum atomic E-state index is -1.04. The number of hydrogen-bond donors (Lipinski definition) is 0. The molecule has 6 nitrogen and oxygen atoms in total. The lowest BCUT2D eigenvalue weighted by atomic mass is 10.1. The van der Waals surface area contributed by atoms with Crippen molar-refractivity contribution in [3.8, 4) is 11.5 Å². The number of rotatable bonds is 5. The van der Waals surface area contributed by atoms with Crippen molar-refractivity contribution < 1.29 is 23.9 Å². The first-order valence-corrected chi connectivity index (χ1v) is 9.42. The van der Waals surface area contributed by atoms with Crippen LogP contribution in [-0.2, 0) is 4.79 Å². The Morgan fingerprint density at radius 3 is 2.37 bits per heavy atom. The third kappa shape index (κ3) is 3.55. The molecule has 1 atom stereocenters. The highest BCUT2D eigenvalue weighted by Crippen LogP contribution is 2.32. The summed E-state index contributed by atoms with van der Waals surface area (Å²) in [4.78, 5) is 40.5. The van der Waals surface area contributed by atoms with Gasteiger partial charge in [0.15, 0.2) is 5.78 Å². The highest BCUT2D eigenvalue weighted by Gasteiger charge is 2.38. The van der Waals surface area contributed by atoms with Crippen LogP contribution < -0.4 is 9.47 Å².